The summed E-state index contributed by atoms with van der Waals surface area (Å²) in [6, 6.07) is 8.02. The lowest BCUT2D eigenvalue weighted by Gasteiger charge is -2.05. The molecule has 2 N–H and O–H groups in total. The van der Waals surface area contributed by atoms with Crippen molar-refractivity contribution >= 4 is 27.5 Å². The van der Waals surface area contributed by atoms with Crippen LogP contribution in [-0.4, -0.2) is 15.5 Å². The van der Waals surface area contributed by atoms with Crippen LogP contribution in [-0.2, 0) is 11.3 Å². The molecule has 0 aliphatic heterocycles. The molecule has 6 heteroatoms. The van der Waals surface area contributed by atoms with E-state index in [1.54, 1.807) is 0 Å². The molecule has 0 saturated carbocycles. The van der Waals surface area contributed by atoms with Crippen molar-refractivity contribution < 1.29 is 4.79 Å². The Morgan fingerprint density at radius 3 is 2.73 bits per heavy atom. The lowest BCUT2D eigenvalue weighted by molar-refractivity contribution is -0.118. The molecular formula is C16H15N3O2S. The van der Waals surface area contributed by atoms with Crippen LogP contribution in [0.1, 0.15) is 12.0 Å². The lowest BCUT2D eigenvalue weighted by Crippen LogP contribution is -2.23. The number of benzene rings is 1. The van der Waals surface area contributed by atoms with E-state index in [9.17, 15) is 9.59 Å². The molecule has 1 amide bonds. The number of amides is 1. The van der Waals surface area contributed by atoms with Gasteiger partial charge in [0.25, 0.3) is 5.56 Å². The van der Waals surface area contributed by atoms with Crippen molar-refractivity contribution in [3.05, 3.63) is 51.9 Å². The Bertz CT molecular complexity index is 894. The Morgan fingerprint density at radius 1 is 1.32 bits per heavy atom. The second-order valence-corrected chi connectivity index (χ2v) is 6.01. The number of nitrogens with zero attached hydrogens (tertiary/aromatic N) is 2. The molecule has 0 unspecified atom stereocenters. The van der Waals surface area contributed by atoms with Gasteiger partial charge in [0.1, 0.15) is 4.83 Å². The molecule has 1 aromatic carbocycles. The maximum Gasteiger partial charge on any atom is 0.262 e. The van der Waals surface area contributed by atoms with E-state index in [1.165, 1.54) is 27.8 Å². The fraction of sp³-hybridized carbons (Fsp3) is 0.188. The molecule has 0 aliphatic carbocycles. The van der Waals surface area contributed by atoms with Crippen molar-refractivity contribution in [1.29, 1.82) is 0 Å². The van der Waals surface area contributed by atoms with E-state index in [-0.39, 0.29) is 18.5 Å². The van der Waals surface area contributed by atoms with Crippen molar-refractivity contribution in [1.82, 2.24) is 9.55 Å². The van der Waals surface area contributed by atoms with Gasteiger partial charge in [-0.2, -0.15) is 0 Å². The highest BCUT2D eigenvalue weighted by Crippen LogP contribution is 2.30. The van der Waals surface area contributed by atoms with Gasteiger partial charge in [-0.15, -0.1) is 11.3 Å². The van der Waals surface area contributed by atoms with Crippen molar-refractivity contribution in [3.63, 3.8) is 0 Å². The van der Waals surface area contributed by atoms with E-state index in [2.05, 4.69) is 4.98 Å². The maximum atomic E-state index is 12.6. The molecule has 0 fully saturated rings. The number of aromatic nitrogens is 2. The van der Waals surface area contributed by atoms with Gasteiger partial charge in [0.05, 0.1) is 11.7 Å². The second-order valence-electron chi connectivity index (χ2n) is 5.15. The number of aryl methyl sites for hydroxylation is 2. The molecule has 0 atom stereocenters. The monoisotopic (exact) mass is 313 g/mol. The molecule has 3 rings (SSSR count). The Balaban J connectivity index is 2.12. The quantitative estimate of drug-likeness (QED) is 0.803. The molecule has 0 spiro atoms. The number of hydrogen-bond acceptors (Lipinski definition) is 4. The number of carbonyl (C=O) groups is 1. The van der Waals surface area contributed by atoms with Gasteiger partial charge in [0, 0.05) is 23.9 Å². The summed E-state index contributed by atoms with van der Waals surface area (Å²) in [6.45, 7) is 2.27. The first-order chi connectivity index (χ1) is 10.6. The highest BCUT2D eigenvalue weighted by atomic mass is 32.1. The summed E-state index contributed by atoms with van der Waals surface area (Å²) >= 11 is 1.44. The summed E-state index contributed by atoms with van der Waals surface area (Å²) in [6.07, 6.45) is 1.60. The average Bonchev–Trinajstić information content (AvgIpc) is 2.92. The molecule has 22 heavy (non-hydrogen) atoms. The van der Waals surface area contributed by atoms with Crippen LogP contribution >= 0.6 is 11.3 Å². The number of hydrogen-bond donors (Lipinski definition) is 1. The number of rotatable bonds is 4. The van der Waals surface area contributed by atoms with E-state index >= 15 is 0 Å². The van der Waals surface area contributed by atoms with Crippen LogP contribution in [0.2, 0.25) is 0 Å². The third kappa shape index (κ3) is 2.65. The van der Waals surface area contributed by atoms with Gasteiger partial charge in [0.15, 0.2) is 0 Å². The topological polar surface area (TPSA) is 78.0 Å². The first-order valence-corrected chi connectivity index (χ1v) is 7.76. The molecule has 112 valence electrons. The largest absolute Gasteiger partial charge is 0.370 e. The van der Waals surface area contributed by atoms with E-state index in [0.717, 1.165) is 11.1 Å². The fourth-order valence-electron chi connectivity index (χ4n) is 2.30. The molecule has 0 saturated heterocycles. The second kappa shape index (κ2) is 5.73. The Labute approximate surface area is 131 Å². The molecule has 0 radical (unpaired) electrons. The molecule has 2 aromatic heterocycles. The highest BCUT2D eigenvalue weighted by Gasteiger charge is 2.13. The Morgan fingerprint density at radius 2 is 2.05 bits per heavy atom. The van der Waals surface area contributed by atoms with Crippen molar-refractivity contribution in [2.75, 3.05) is 0 Å². The highest BCUT2D eigenvalue weighted by molar-refractivity contribution is 7.17. The van der Waals surface area contributed by atoms with Gasteiger partial charge in [-0.05, 0) is 12.5 Å². The van der Waals surface area contributed by atoms with Crippen LogP contribution in [0.15, 0.2) is 40.8 Å². The summed E-state index contributed by atoms with van der Waals surface area (Å²) in [5, 5.41) is 2.54. The molecule has 5 nitrogen and oxygen atoms in total. The van der Waals surface area contributed by atoms with Crippen LogP contribution in [0.25, 0.3) is 21.3 Å². The van der Waals surface area contributed by atoms with E-state index in [0.29, 0.717) is 10.2 Å². The number of thiophene rings is 1. The number of nitrogens with two attached hydrogens (primary N) is 1. The zero-order valence-corrected chi connectivity index (χ0v) is 12.9. The molecule has 2 heterocycles. The molecule has 3 aromatic rings. The van der Waals surface area contributed by atoms with Crippen LogP contribution < -0.4 is 11.3 Å². The number of fused-ring (bicyclic) bond motifs is 1. The summed E-state index contributed by atoms with van der Waals surface area (Å²) in [5.41, 5.74) is 8.05. The van der Waals surface area contributed by atoms with Crippen molar-refractivity contribution in [3.8, 4) is 11.1 Å². The first kappa shape index (κ1) is 14.5. The fourth-order valence-corrected chi connectivity index (χ4v) is 3.21. The van der Waals surface area contributed by atoms with Crippen molar-refractivity contribution in [2.45, 2.75) is 19.9 Å². The van der Waals surface area contributed by atoms with Crippen LogP contribution in [0.4, 0.5) is 0 Å². The van der Waals surface area contributed by atoms with E-state index in [1.807, 2.05) is 36.6 Å². The van der Waals surface area contributed by atoms with Gasteiger partial charge >= 0.3 is 0 Å². The van der Waals surface area contributed by atoms with Gasteiger partial charge in [-0.3, -0.25) is 14.2 Å². The summed E-state index contributed by atoms with van der Waals surface area (Å²) < 4.78 is 1.44. The Hall–Kier alpha value is -2.47. The normalized spacial score (nSPS) is 11.0. The third-order valence-electron chi connectivity index (χ3n) is 3.52. The molecule has 0 bridgehead atoms. The summed E-state index contributed by atoms with van der Waals surface area (Å²) in [5.74, 6) is -0.434. The predicted octanol–water partition coefficient (Wildman–Crippen LogP) is 2.31. The van der Waals surface area contributed by atoms with Gasteiger partial charge < -0.3 is 5.73 Å². The van der Waals surface area contributed by atoms with E-state index in [4.69, 9.17) is 5.73 Å². The maximum absolute atomic E-state index is 12.6. The first-order valence-electron chi connectivity index (χ1n) is 6.88. The minimum atomic E-state index is -0.434. The summed E-state index contributed by atoms with van der Waals surface area (Å²) in [7, 11) is 0. The smallest absolute Gasteiger partial charge is 0.262 e. The standard InChI is InChI=1S/C16H15N3O2S/c1-10-2-4-11(5-3-10)12-8-22-15-14(12)16(21)19(9-18-15)7-6-13(17)20/h2-5,8-9H,6-7H2,1H3,(H2,17,20). The van der Waals surface area contributed by atoms with Gasteiger partial charge in [-0.1, -0.05) is 29.8 Å². The molecular weight excluding hydrogens is 298 g/mol. The predicted molar refractivity (Wildman–Crippen MR) is 87.9 cm³/mol. The zero-order valence-electron chi connectivity index (χ0n) is 12.1. The summed E-state index contributed by atoms with van der Waals surface area (Å²) in [4.78, 5) is 28.6. The Kier molecular flexibility index (Phi) is 3.77. The van der Waals surface area contributed by atoms with Crippen molar-refractivity contribution in [2.24, 2.45) is 5.73 Å². The minimum absolute atomic E-state index is 0.122. The SMILES string of the molecule is Cc1ccc(-c2csc3ncn(CCC(N)=O)c(=O)c23)cc1. The molecule has 0 aliphatic rings. The van der Waals surface area contributed by atoms with E-state index < -0.39 is 5.91 Å². The lowest BCUT2D eigenvalue weighted by atomic mass is 10.1. The van der Waals surface area contributed by atoms with Crippen LogP contribution in [0, 0.1) is 6.92 Å². The zero-order chi connectivity index (χ0) is 15.7. The van der Waals surface area contributed by atoms with Crippen LogP contribution in [0.3, 0.4) is 0 Å². The number of carbonyl (C=O) groups excluding carboxylic acids is 1. The minimum Gasteiger partial charge on any atom is -0.370 e. The average molecular weight is 313 g/mol. The van der Waals surface area contributed by atoms with Crippen LogP contribution in [0.5, 0.6) is 0 Å². The van der Waals surface area contributed by atoms with Gasteiger partial charge in [0.2, 0.25) is 5.91 Å². The van der Waals surface area contributed by atoms with Gasteiger partial charge in [-0.25, -0.2) is 4.98 Å². The number of primary amides is 1. The third-order valence-corrected chi connectivity index (χ3v) is 4.41.